The molecule has 4 fully saturated rings. The van der Waals surface area contributed by atoms with Crippen LogP contribution in [0.25, 0.3) is 0 Å². The number of rotatable bonds is 5. The van der Waals surface area contributed by atoms with Gasteiger partial charge in [0.05, 0.1) is 5.56 Å². The highest BCUT2D eigenvalue weighted by molar-refractivity contribution is 5.97. The number of phenols is 2. The van der Waals surface area contributed by atoms with E-state index in [1.54, 1.807) is 18.2 Å². The van der Waals surface area contributed by atoms with Crippen LogP contribution < -0.4 is 5.32 Å². The lowest BCUT2D eigenvalue weighted by Gasteiger charge is -2.57. The summed E-state index contributed by atoms with van der Waals surface area (Å²) in [7, 11) is 0. The fourth-order valence-corrected chi connectivity index (χ4v) is 6.96. The Hall–Kier alpha value is -2.49. The quantitative estimate of drug-likeness (QED) is 0.666. The molecule has 0 radical (unpaired) electrons. The maximum absolute atomic E-state index is 12.9. The summed E-state index contributed by atoms with van der Waals surface area (Å²) in [5, 5.41) is 22.9. The van der Waals surface area contributed by atoms with E-state index in [-0.39, 0.29) is 22.8 Å². The molecular weight excluding hydrogens is 374 g/mol. The number of carbonyl (C=O) groups excluding carboxylic acids is 1. The molecule has 0 atom stereocenters. The molecule has 0 spiro atoms. The smallest absolute Gasteiger partial charge is 0.255 e. The third kappa shape index (κ3) is 3.46. The van der Waals surface area contributed by atoms with Gasteiger partial charge in [-0.05, 0) is 116 Å². The monoisotopic (exact) mass is 405 g/mol. The molecule has 4 aliphatic rings. The summed E-state index contributed by atoms with van der Waals surface area (Å²) in [5.74, 6) is 2.62. The summed E-state index contributed by atoms with van der Waals surface area (Å²) in [6, 6.07) is 10.8. The number of aromatic hydroxyl groups is 2. The van der Waals surface area contributed by atoms with Gasteiger partial charge in [-0.2, -0.15) is 0 Å². The molecule has 30 heavy (non-hydrogen) atoms. The largest absolute Gasteiger partial charge is 0.508 e. The number of phenolic OH excluding ortho intramolecular Hbond substituents is 2. The van der Waals surface area contributed by atoms with Crippen molar-refractivity contribution in [2.45, 2.75) is 57.3 Å². The van der Waals surface area contributed by atoms with Gasteiger partial charge in [0, 0.05) is 6.54 Å². The van der Waals surface area contributed by atoms with Crippen LogP contribution in [0.5, 0.6) is 11.5 Å². The van der Waals surface area contributed by atoms with Crippen LogP contribution in [0.3, 0.4) is 0 Å². The number of carbonyl (C=O) groups is 1. The minimum absolute atomic E-state index is 0.0723. The highest BCUT2D eigenvalue weighted by Crippen LogP contribution is 2.61. The van der Waals surface area contributed by atoms with Crippen molar-refractivity contribution < 1.29 is 15.0 Å². The predicted octanol–water partition coefficient (Wildman–Crippen LogP) is 4.85. The van der Waals surface area contributed by atoms with Gasteiger partial charge in [0.25, 0.3) is 5.91 Å². The molecule has 4 saturated carbocycles. The Kier molecular flexibility index (Phi) is 4.76. The lowest BCUT2D eigenvalue weighted by atomic mass is 9.47. The van der Waals surface area contributed by atoms with Gasteiger partial charge in [0.15, 0.2) is 0 Å². The summed E-state index contributed by atoms with van der Waals surface area (Å²) in [4.78, 5) is 12.9. The van der Waals surface area contributed by atoms with E-state index in [1.165, 1.54) is 44.1 Å². The lowest BCUT2D eigenvalue weighted by molar-refractivity contribution is -0.00549. The highest BCUT2D eigenvalue weighted by Gasteiger charge is 2.52. The molecule has 0 saturated heterocycles. The molecule has 6 rings (SSSR count). The average Bonchev–Trinajstić information content (AvgIpc) is 2.68. The van der Waals surface area contributed by atoms with Crippen molar-refractivity contribution in [3.05, 3.63) is 58.7 Å². The second-order valence-corrected chi connectivity index (χ2v) is 10.1. The van der Waals surface area contributed by atoms with Crippen LogP contribution in [0.15, 0.2) is 36.4 Å². The summed E-state index contributed by atoms with van der Waals surface area (Å²) in [6.07, 6.45) is 8.58. The van der Waals surface area contributed by atoms with E-state index in [9.17, 15) is 15.0 Å². The number of amides is 1. The van der Waals surface area contributed by atoms with Crippen LogP contribution in [0, 0.1) is 24.7 Å². The second-order valence-electron chi connectivity index (χ2n) is 10.1. The van der Waals surface area contributed by atoms with Crippen molar-refractivity contribution >= 4 is 5.91 Å². The van der Waals surface area contributed by atoms with E-state index in [4.69, 9.17) is 0 Å². The molecule has 4 nitrogen and oxygen atoms in total. The Morgan fingerprint density at radius 3 is 2.20 bits per heavy atom. The molecule has 0 unspecified atom stereocenters. The van der Waals surface area contributed by atoms with Gasteiger partial charge in [-0.15, -0.1) is 0 Å². The van der Waals surface area contributed by atoms with Crippen LogP contribution in [-0.4, -0.2) is 22.7 Å². The van der Waals surface area contributed by atoms with Crippen molar-refractivity contribution in [1.82, 2.24) is 5.32 Å². The highest BCUT2D eigenvalue weighted by atomic mass is 16.3. The third-order valence-corrected chi connectivity index (χ3v) is 7.83. The zero-order valence-corrected chi connectivity index (χ0v) is 17.7. The fourth-order valence-electron chi connectivity index (χ4n) is 6.96. The summed E-state index contributed by atoms with van der Waals surface area (Å²) >= 11 is 0. The van der Waals surface area contributed by atoms with Gasteiger partial charge in [-0.3, -0.25) is 4.79 Å². The van der Waals surface area contributed by atoms with Crippen LogP contribution in [0.4, 0.5) is 0 Å². The minimum atomic E-state index is -0.211. The summed E-state index contributed by atoms with van der Waals surface area (Å²) < 4.78 is 0. The van der Waals surface area contributed by atoms with E-state index in [0.717, 1.165) is 28.9 Å². The number of aryl methyl sites for hydroxylation is 1. The summed E-state index contributed by atoms with van der Waals surface area (Å²) in [6.45, 7) is 2.57. The SMILES string of the molecule is Cc1cc(O)c(C(=O)NCCc2ccc(O)cc2)cc1C12CC3CC(CC(C3)C1)C2. The van der Waals surface area contributed by atoms with Crippen LogP contribution >= 0.6 is 0 Å². The maximum Gasteiger partial charge on any atom is 0.255 e. The molecular formula is C26H31NO3. The Morgan fingerprint density at radius 2 is 1.60 bits per heavy atom. The Morgan fingerprint density at radius 1 is 1.00 bits per heavy atom. The van der Waals surface area contributed by atoms with E-state index < -0.39 is 0 Å². The second kappa shape index (κ2) is 7.33. The van der Waals surface area contributed by atoms with Gasteiger partial charge < -0.3 is 15.5 Å². The van der Waals surface area contributed by atoms with E-state index in [2.05, 4.69) is 12.2 Å². The first-order chi connectivity index (χ1) is 14.4. The van der Waals surface area contributed by atoms with Crippen molar-refractivity contribution in [3.8, 4) is 11.5 Å². The number of benzene rings is 2. The molecule has 2 aromatic carbocycles. The predicted molar refractivity (Wildman–Crippen MR) is 117 cm³/mol. The topological polar surface area (TPSA) is 69.6 Å². The first-order valence-electron chi connectivity index (χ1n) is 11.3. The van der Waals surface area contributed by atoms with E-state index in [0.29, 0.717) is 18.5 Å². The number of nitrogens with one attached hydrogen (secondary N) is 1. The van der Waals surface area contributed by atoms with Crippen molar-refractivity contribution in [3.63, 3.8) is 0 Å². The van der Waals surface area contributed by atoms with Crippen LogP contribution in [0.1, 0.15) is 65.6 Å². The minimum Gasteiger partial charge on any atom is -0.508 e. The van der Waals surface area contributed by atoms with Crippen molar-refractivity contribution in [2.24, 2.45) is 17.8 Å². The number of hydrogen-bond donors (Lipinski definition) is 3. The van der Waals surface area contributed by atoms with E-state index in [1.807, 2.05) is 18.2 Å². The molecule has 4 aliphatic carbocycles. The average molecular weight is 406 g/mol. The molecule has 158 valence electrons. The lowest BCUT2D eigenvalue weighted by Crippen LogP contribution is -2.48. The zero-order chi connectivity index (χ0) is 20.9. The molecule has 4 bridgehead atoms. The van der Waals surface area contributed by atoms with Crippen molar-refractivity contribution in [2.75, 3.05) is 6.54 Å². The van der Waals surface area contributed by atoms with Gasteiger partial charge >= 0.3 is 0 Å². The van der Waals surface area contributed by atoms with Gasteiger partial charge in [-0.25, -0.2) is 0 Å². The van der Waals surface area contributed by atoms with Gasteiger partial charge in [0.1, 0.15) is 11.5 Å². The molecule has 1 amide bonds. The third-order valence-electron chi connectivity index (χ3n) is 7.83. The van der Waals surface area contributed by atoms with Crippen LogP contribution in [-0.2, 0) is 11.8 Å². The normalized spacial score (nSPS) is 29.2. The first-order valence-corrected chi connectivity index (χ1v) is 11.3. The van der Waals surface area contributed by atoms with Gasteiger partial charge in [0.2, 0.25) is 0 Å². The summed E-state index contributed by atoms with van der Waals surface area (Å²) in [5.41, 5.74) is 4.07. The Labute approximate surface area is 178 Å². The number of hydrogen-bond acceptors (Lipinski definition) is 3. The molecule has 0 heterocycles. The van der Waals surface area contributed by atoms with E-state index >= 15 is 0 Å². The van der Waals surface area contributed by atoms with Crippen LogP contribution in [0.2, 0.25) is 0 Å². The standard InChI is InChI=1S/C26H31NO3/c1-16-8-24(29)22(25(30)27-7-6-17-2-4-21(28)5-3-17)12-23(16)26-13-18-9-19(14-26)11-20(10-18)15-26/h2-5,8,12,18-20,28-29H,6-7,9-11,13-15H2,1H3,(H,27,30). The molecule has 4 heteroatoms. The molecule has 3 N–H and O–H groups in total. The maximum atomic E-state index is 12.9. The molecule has 2 aromatic rings. The zero-order valence-electron chi connectivity index (χ0n) is 17.7. The molecule has 0 aromatic heterocycles. The van der Waals surface area contributed by atoms with Gasteiger partial charge in [-0.1, -0.05) is 12.1 Å². The Balaban J connectivity index is 1.34. The Bertz CT molecular complexity index is 928. The van der Waals surface area contributed by atoms with Crippen molar-refractivity contribution in [1.29, 1.82) is 0 Å². The fraction of sp³-hybridized carbons (Fsp3) is 0.500. The molecule has 0 aliphatic heterocycles. The first kappa shape index (κ1) is 19.5.